The number of rotatable bonds is 10. The van der Waals surface area contributed by atoms with Crippen molar-refractivity contribution in [2.45, 2.75) is 36.9 Å². The summed E-state index contributed by atoms with van der Waals surface area (Å²) in [7, 11) is 0. The Bertz CT molecular complexity index is 570. The maximum absolute atomic E-state index is 11.4. The van der Waals surface area contributed by atoms with Gasteiger partial charge in [0.05, 0.1) is 25.7 Å². The van der Waals surface area contributed by atoms with Gasteiger partial charge in [0.25, 0.3) is 0 Å². The first-order valence-corrected chi connectivity index (χ1v) is 6.30. The monoisotopic (exact) mass is 486 g/mol. The summed E-state index contributed by atoms with van der Waals surface area (Å²) in [5, 5.41) is 53.6. The molecule has 0 aliphatic rings. The van der Waals surface area contributed by atoms with Crippen LogP contribution in [0.1, 0.15) is 25.7 Å². The Morgan fingerprint density at radius 2 is 0.821 bits per heavy atom. The van der Waals surface area contributed by atoms with Crippen molar-refractivity contribution in [3.63, 3.8) is 0 Å². The molecule has 146 valence electrons. The molecule has 28 heavy (non-hydrogen) atoms. The van der Waals surface area contributed by atoms with Crippen LogP contribution in [0.25, 0.3) is 0 Å². The molecule has 0 aromatic carbocycles. The number of esters is 2. The Hall–Kier alpha value is 1.85. The average molecular weight is 487 g/mol. The van der Waals surface area contributed by atoms with Gasteiger partial charge < -0.3 is 35.4 Å². The molecule has 0 aromatic rings. The minimum atomic E-state index is -3.09. The second-order valence-electron chi connectivity index (χ2n) is 5.01. The van der Waals surface area contributed by atoms with Gasteiger partial charge in [0.2, 0.25) is 0 Å². The van der Waals surface area contributed by atoms with Crippen molar-refractivity contribution >= 4 is 190 Å². The second-order valence-corrected chi connectivity index (χ2v) is 5.01. The van der Waals surface area contributed by atoms with Crippen molar-refractivity contribution in [1.29, 1.82) is 0 Å². The van der Waals surface area contributed by atoms with Gasteiger partial charge in [0.15, 0.2) is 11.2 Å². The molecule has 0 amide bonds. The molecular formula is C12H17K3O13. The Morgan fingerprint density at radius 1 is 0.571 bits per heavy atom. The second kappa shape index (κ2) is 16.5. The van der Waals surface area contributed by atoms with E-state index in [1.165, 1.54) is 0 Å². The standard InChI is InChI=1S/C12H14O13.3K.3H/c13-5(14)1-11(23,9(19)20)3-7(17)25-8(18)4-12(24,10(21)22)2-6(15)16;;;;;;/h23-24H,1-4H2,(H,13,14)(H,15,16)(H,19,20)(H,21,22);;;;;;. The molecule has 13 nitrogen and oxygen atoms in total. The van der Waals surface area contributed by atoms with Gasteiger partial charge in [-0.15, -0.1) is 0 Å². The molecule has 0 heterocycles. The zero-order valence-corrected chi connectivity index (χ0v) is 12.4. The molecule has 0 spiro atoms. The van der Waals surface area contributed by atoms with Crippen LogP contribution >= 0.6 is 0 Å². The molecule has 0 rings (SSSR count). The first-order valence-electron chi connectivity index (χ1n) is 6.30. The summed E-state index contributed by atoms with van der Waals surface area (Å²) >= 11 is 0. The molecule has 0 radical (unpaired) electrons. The van der Waals surface area contributed by atoms with E-state index in [-0.39, 0.29) is 154 Å². The summed E-state index contributed by atoms with van der Waals surface area (Å²) in [5.41, 5.74) is -6.18. The van der Waals surface area contributed by atoms with Crippen LogP contribution in [0.4, 0.5) is 0 Å². The minimum absolute atomic E-state index is 0. The van der Waals surface area contributed by atoms with Gasteiger partial charge in [-0.1, -0.05) is 0 Å². The molecule has 0 bridgehead atoms. The van der Waals surface area contributed by atoms with Crippen molar-refractivity contribution in [3.05, 3.63) is 0 Å². The predicted octanol–water partition coefficient (Wildman–Crippen LogP) is -4.53. The van der Waals surface area contributed by atoms with Crippen molar-refractivity contribution in [1.82, 2.24) is 0 Å². The Labute approximate surface area is 284 Å². The number of carbonyl (C=O) groups excluding carboxylic acids is 2. The summed E-state index contributed by atoms with van der Waals surface area (Å²) < 4.78 is 3.99. The van der Waals surface area contributed by atoms with E-state index in [9.17, 15) is 39.0 Å². The van der Waals surface area contributed by atoms with E-state index in [0.29, 0.717) is 0 Å². The average Bonchev–Trinajstić information content (AvgIpc) is 2.34. The Kier molecular flexibility index (Phi) is 21.9. The number of carboxylic acids is 4. The molecule has 16 heteroatoms. The van der Waals surface area contributed by atoms with Crippen LogP contribution in [0.2, 0.25) is 0 Å². The zero-order valence-electron chi connectivity index (χ0n) is 12.4. The van der Waals surface area contributed by atoms with Gasteiger partial charge in [0.1, 0.15) is 0 Å². The van der Waals surface area contributed by atoms with E-state index in [0.717, 1.165) is 0 Å². The van der Waals surface area contributed by atoms with Gasteiger partial charge in [-0.05, 0) is 0 Å². The Morgan fingerprint density at radius 3 is 1.00 bits per heavy atom. The van der Waals surface area contributed by atoms with E-state index in [4.69, 9.17) is 20.4 Å². The summed E-state index contributed by atoms with van der Waals surface area (Å²) in [6.45, 7) is 0. The number of carboxylic acid groups (broad SMARTS) is 4. The zero-order chi connectivity index (χ0) is 20.0. The van der Waals surface area contributed by atoms with Gasteiger partial charge in [0, 0.05) is 0 Å². The maximum atomic E-state index is 11.4. The number of hydrogen-bond donors (Lipinski definition) is 6. The molecule has 0 saturated heterocycles. The summed E-state index contributed by atoms with van der Waals surface area (Å²) in [6, 6.07) is 0. The van der Waals surface area contributed by atoms with Crippen molar-refractivity contribution < 1.29 is 64.1 Å². The molecule has 0 aliphatic carbocycles. The summed E-state index contributed by atoms with van der Waals surface area (Å²) in [5.74, 6) is -11.2. The molecule has 6 N–H and O–H groups in total. The molecule has 2 atom stereocenters. The van der Waals surface area contributed by atoms with Crippen LogP contribution < -0.4 is 0 Å². The summed E-state index contributed by atoms with van der Waals surface area (Å²) in [6.07, 6.45) is -5.73. The molecule has 0 aliphatic heterocycles. The van der Waals surface area contributed by atoms with E-state index in [2.05, 4.69) is 4.74 Å². The fourth-order valence-electron chi connectivity index (χ4n) is 1.60. The van der Waals surface area contributed by atoms with Gasteiger partial charge >= 0.3 is 190 Å². The third kappa shape index (κ3) is 14.0. The van der Waals surface area contributed by atoms with Gasteiger partial charge in [-0.25, -0.2) is 9.59 Å². The van der Waals surface area contributed by atoms with Crippen LogP contribution in [0.15, 0.2) is 0 Å². The molecular weight excluding hydrogens is 469 g/mol. The first kappa shape index (κ1) is 37.2. The Balaban J connectivity index is -0.000000960. The van der Waals surface area contributed by atoms with Gasteiger partial charge in [-0.2, -0.15) is 0 Å². The quantitative estimate of drug-likeness (QED) is 0.0971. The van der Waals surface area contributed by atoms with Gasteiger partial charge in [-0.3, -0.25) is 19.2 Å². The number of aliphatic hydroxyl groups is 2. The van der Waals surface area contributed by atoms with Crippen molar-refractivity contribution in [2.24, 2.45) is 0 Å². The van der Waals surface area contributed by atoms with E-state index >= 15 is 0 Å². The van der Waals surface area contributed by atoms with E-state index in [1.54, 1.807) is 0 Å². The number of hydrogen-bond acceptors (Lipinski definition) is 9. The third-order valence-corrected chi connectivity index (χ3v) is 2.78. The fraction of sp³-hybridized carbons (Fsp3) is 0.500. The van der Waals surface area contributed by atoms with Crippen LogP contribution in [-0.2, 0) is 33.5 Å². The number of ether oxygens (including phenoxy) is 1. The third-order valence-electron chi connectivity index (χ3n) is 2.78. The van der Waals surface area contributed by atoms with E-state index in [1.807, 2.05) is 0 Å². The van der Waals surface area contributed by atoms with Crippen LogP contribution in [-0.4, -0.2) is 232 Å². The number of carbonyl (C=O) groups is 6. The molecule has 2 unspecified atom stereocenters. The molecule has 0 saturated carbocycles. The van der Waals surface area contributed by atoms with Crippen LogP contribution in [0.3, 0.4) is 0 Å². The summed E-state index contributed by atoms with van der Waals surface area (Å²) in [4.78, 5) is 65.5. The van der Waals surface area contributed by atoms with Crippen LogP contribution in [0, 0.1) is 0 Å². The van der Waals surface area contributed by atoms with E-state index < -0.39 is 72.7 Å². The van der Waals surface area contributed by atoms with Crippen LogP contribution in [0.5, 0.6) is 0 Å². The van der Waals surface area contributed by atoms with Crippen molar-refractivity contribution in [3.8, 4) is 0 Å². The predicted molar refractivity (Wildman–Crippen MR) is 91.5 cm³/mol. The first-order chi connectivity index (χ1) is 11.2. The number of aliphatic carboxylic acids is 4. The van der Waals surface area contributed by atoms with Crippen molar-refractivity contribution in [2.75, 3.05) is 0 Å². The fourth-order valence-corrected chi connectivity index (χ4v) is 1.60. The SMILES string of the molecule is O=C(O)CC(O)(CC(=O)OC(=O)CC(O)(CC(=O)O)C(=O)O)C(=O)O.[KH].[KH].[KH]. The topological polar surface area (TPSA) is 233 Å². The normalized spacial score (nSPS) is 13.6. The molecule has 0 fully saturated rings. The molecule has 0 aromatic heterocycles.